The summed E-state index contributed by atoms with van der Waals surface area (Å²) in [6.45, 7) is 0. The van der Waals surface area contributed by atoms with Gasteiger partial charge in [0.1, 0.15) is 0 Å². The van der Waals surface area contributed by atoms with Crippen LogP contribution in [0.15, 0.2) is 0 Å². The molecule has 0 aromatic carbocycles. The molecule has 0 saturated heterocycles. The molecule has 1 radical (unpaired) electrons. The molecule has 0 saturated carbocycles. The van der Waals surface area contributed by atoms with E-state index in [4.69, 9.17) is 11.5 Å². The van der Waals surface area contributed by atoms with Crippen molar-refractivity contribution < 1.29 is 41.6 Å². The zero-order valence-corrected chi connectivity index (χ0v) is 10.4. The van der Waals surface area contributed by atoms with Crippen LogP contribution in [0.1, 0.15) is 0 Å². The minimum absolute atomic E-state index is 0. The molecular formula is C2H10Cl2CoN6S2. The van der Waals surface area contributed by atoms with E-state index in [2.05, 4.69) is 36.1 Å². The Bertz CT molecular complexity index is 111. The van der Waals surface area contributed by atoms with Crippen molar-refractivity contribution in [3.63, 3.8) is 0 Å². The van der Waals surface area contributed by atoms with Crippen LogP contribution in [0.4, 0.5) is 0 Å². The maximum atomic E-state index is 4.79. The Labute approximate surface area is 110 Å². The molecule has 11 heteroatoms. The number of rotatable bonds is 0. The molecule has 0 heterocycles. The van der Waals surface area contributed by atoms with Gasteiger partial charge in [-0.3, -0.25) is 0 Å². The Morgan fingerprint density at radius 2 is 0.923 bits per heavy atom. The summed E-state index contributed by atoms with van der Waals surface area (Å²) in [6.07, 6.45) is 0. The van der Waals surface area contributed by atoms with Crippen LogP contribution in [-0.4, -0.2) is 10.2 Å². The number of thiocarbonyl (C=S) groups is 2. The molecule has 0 fully saturated rings. The summed E-state index contributed by atoms with van der Waals surface area (Å²) in [5.41, 5.74) is 13.6. The standard InChI is InChI=1S/2CH5N3S.2ClH.Co/c2*2-1(5)4-3;;;/h2*3H2,(H3,2,4,5);2*1H;/q;;;;+2/p-2. The van der Waals surface area contributed by atoms with E-state index in [9.17, 15) is 0 Å². The van der Waals surface area contributed by atoms with Gasteiger partial charge in [-0.25, -0.2) is 11.7 Å². The smallest absolute Gasteiger partial charge is 1.00 e. The minimum Gasteiger partial charge on any atom is -1.00 e. The van der Waals surface area contributed by atoms with E-state index < -0.39 is 0 Å². The van der Waals surface area contributed by atoms with Crippen LogP contribution in [0.25, 0.3) is 0 Å². The first-order valence-electron chi connectivity index (χ1n) is 2.06. The first-order valence-corrected chi connectivity index (χ1v) is 2.88. The summed E-state index contributed by atoms with van der Waals surface area (Å²) >= 11 is 8.48. The number of hydrazine groups is 2. The number of halogens is 2. The molecule has 0 atom stereocenters. The van der Waals surface area contributed by atoms with E-state index in [0.717, 1.165) is 0 Å². The predicted octanol–water partition coefficient (Wildman–Crippen LogP) is -8.61. The van der Waals surface area contributed by atoms with Gasteiger partial charge in [0.05, 0.1) is 0 Å². The van der Waals surface area contributed by atoms with Crippen molar-refractivity contribution in [1.29, 1.82) is 0 Å². The van der Waals surface area contributed by atoms with Crippen molar-refractivity contribution in [1.82, 2.24) is 10.9 Å². The second-order valence-electron chi connectivity index (χ2n) is 1.02. The van der Waals surface area contributed by atoms with Gasteiger partial charge >= 0.3 is 16.8 Å². The van der Waals surface area contributed by atoms with Gasteiger partial charge in [0.25, 0.3) is 0 Å². The van der Waals surface area contributed by atoms with Crippen LogP contribution in [0.3, 0.4) is 0 Å². The zero-order valence-electron chi connectivity index (χ0n) is 6.22. The third-order valence-corrected chi connectivity index (χ3v) is 0.520. The fourth-order valence-corrected chi connectivity index (χ4v) is 0. The van der Waals surface area contributed by atoms with Crippen LogP contribution in [-0.2, 0) is 16.8 Å². The number of hydrogen-bond acceptors (Lipinski definition) is 4. The fraction of sp³-hybridized carbons (Fsp3) is 0. The maximum Gasteiger partial charge on any atom is 2.00 e. The Hall–Kier alpha value is 0.386. The van der Waals surface area contributed by atoms with E-state index in [1.165, 1.54) is 0 Å². The van der Waals surface area contributed by atoms with Crippen molar-refractivity contribution in [2.45, 2.75) is 0 Å². The number of nitrogens with two attached hydrogens (primary N) is 4. The van der Waals surface area contributed by atoms with Crippen LogP contribution in [0, 0.1) is 0 Å². The Morgan fingerprint density at radius 1 is 0.846 bits per heavy atom. The van der Waals surface area contributed by atoms with Crippen LogP contribution < -0.4 is 58.8 Å². The summed E-state index contributed by atoms with van der Waals surface area (Å²) in [7, 11) is 0. The monoisotopic (exact) mass is 311 g/mol. The van der Waals surface area contributed by atoms with Crippen LogP contribution in [0.5, 0.6) is 0 Å². The quantitative estimate of drug-likeness (QED) is 0.148. The maximum absolute atomic E-state index is 4.79. The molecule has 10 N–H and O–H groups in total. The van der Waals surface area contributed by atoms with Crippen molar-refractivity contribution in [2.75, 3.05) is 0 Å². The molecule has 13 heavy (non-hydrogen) atoms. The molecule has 6 nitrogen and oxygen atoms in total. The summed E-state index contributed by atoms with van der Waals surface area (Å²) in [5.74, 6) is 9.31. The van der Waals surface area contributed by atoms with E-state index in [1.54, 1.807) is 0 Å². The third kappa shape index (κ3) is 69.4. The second kappa shape index (κ2) is 22.8. The molecule has 0 rings (SSSR count). The van der Waals surface area contributed by atoms with E-state index in [-0.39, 0.29) is 51.8 Å². The molecule has 0 bridgehead atoms. The zero-order chi connectivity index (χ0) is 8.57. The molecule has 0 amide bonds. The van der Waals surface area contributed by atoms with E-state index >= 15 is 0 Å². The molecular weight excluding hydrogens is 302 g/mol. The Balaban J connectivity index is -0.0000000267. The first kappa shape index (κ1) is 29.2. The van der Waals surface area contributed by atoms with Crippen LogP contribution in [0.2, 0.25) is 0 Å². The van der Waals surface area contributed by atoms with Gasteiger partial charge in [0, 0.05) is 0 Å². The van der Waals surface area contributed by atoms with Crippen molar-refractivity contribution in [2.24, 2.45) is 23.2 Å². The predicted molar refractivity (Wildman–Crippen MR) is 48.2 cm³/mol. The van der Waals surface area contributed by atoms with Gasteiger partial charge in [-0.15, -0.1) is 0 Å². The largest absolute Gasteiger partial charge is 2.00 e. The minimum atomic E-state index is 0. The molecule has 0 unspecified atom stereocenters. The summed E-state index contributed by atoms with van der Waals surface area (Å²) < 4.78 is 0. The van der Waals surface area contributed by atoms with Gasteiger partial charge in [-0.1, -0.05) is 0 Å². The normalized spacial score (nSPS) is 5.08. The summed E-state index contributed by atoms with van der Waals surface area (Å²) in [4.78, 5) is 0. The van der Waals surface area contributed by atoms with Crippen molar-refractivity contribution >= 4 is 34.7 Å². The van der Waals surface area contributed by atoms with Gasteiger partial charge in [-0.2, -0.15) is 0 Å². The average Bonchev–Trinajstić information content (AvgIpc) is 1.89. The van der Waals surface area contributed by atoms with Crippen molar-refractivity contribution in [3.8, 4) is 0 Å². The molecule has 0 aliphatic heterocycles. The van der Waals surface area contributed by atoms with E-state index in [1.807, 2.05) is 10.9 Å². The molecule has 0 aliphatic rings. The topological polar surface area (TPSA) is 128 Å². The number of nitrogens with one attached hydrogen (secondary N) is 2. The average molecular weight is 312 g/mol. The van der Waals surface area contributed by atoms with Gasteiger partial charge in [0.15, 0.2) is 10.2 Å². The Kier molecular flexibility index (Phi) is 51.3. The fourth-order valence-electron chi connectivity index (χ4n) is 0. The molecule has 0 aromatic heterocycles. The third-order valence-electron chi connectivity index (χ3n) is 0.285. The summed E-state index contributed by atoms with van der Waals surface area (Å²) in [5, 5.41) is 0.231. The van der Waals surface area contributed by atoms with E-state index in [0.29, 0.717) is 0 Å². The number of hydrogen-bond donors (Lipinski definition) is 6. The van der Waals surface area contributed by atoms with Crippen LogP contribution >= 0.6 is 24.4 Å². The van der Waals surface area contributed by atoms with Gasteiger partial charge < -0.3 is 47.1 Å². The molecule has 0 aliphatic carbocycles. The van der Waals surface area contributed by atoms with Crippen molar-refractivity contribution in [3.05, 3.63) is 0 Å². The van der Waals surface area contributed by atoms with Gasteiger partial charge in [0.2, 0.25) is 0 Å². The molecule has 83 valence electrons. The molecule has 0 aromatic rings. The molecule has 0 spiro atoms. The second-order valence-corrected chi connectivity index (χ2v) is 1.90. The first-order chi connectivity index (χ1) is 4.54. The SMILES string of the molecule is NNC(N)=S.NNC(N)=S.[Cl-].[Cl-].[Co+2]. The Morgan fingerprint density at radius 3 is 0.923 bits per heavy atom. The summed E-state index contributed by atoms with van der Waals surface area (Å²) in [6, 6.07) is 0. The van der Waals surface area contributed by atoms with Gasteiger partial charge in [-0.05, 0) is 24.4 Å².